The van der Waals surface area contributed by atoms with E-state index in [9.17, 15) is 14.4 Å². The average Bonchev–Trinajstić information content (AvgIpc) is 2.55. The van der Waals surface area contributed by atoms with Gasteiger partial charge in [-0.2, -0.15) is 0 Å². The number of hydrogen-bond acceptors (Lipinski definition) is 4. The fourth-order valence-corrected chi connectivity index (χ4v) is 2.68. The summed E-state index contributed by atoms with van der Waals surface area (Å²) in [5, 5.41) is 2.74. The molecule has 0 saturated heterocycles. The van der Waals surface area contributed by atoms with E-state index in [2.05, 4.69) is 26.2 Å². The Labute approximate surface area is 159 Å². The Morgan fingerprint density at radius 3 is 2.46 bits per heavy atom. The van der Waals surface area contributed by atoms with Gasteiger partial charge in [-0.15, -0.1) is 0 Å². The van der Waals surface area contributed by atoms with Crippen LogP contribution in [0, 0.1) is 6.92 Å². The molecule has 1 aromatic carbocycles. The summed E-state index contributed by atoms with van der Waals surface area (Å²) < 4.78 is 6.62. The quantitative estimate of drug-likeness (QED) is 0.790. The van der Waals surface area contributed by atoms with E-state index in [1.54, 1.807) is 27.7 Å². The van der Waals surface area contributed by atoms with Crippen LogP contribution in [0.15, 0.2) is 44.4 Å². The highest BCUT2D eigenvalue weighted by atomic mass is 79.9. The molecule has 0 bridgehead atoms. The van der Waals surface area contributed by atoms with E-state index in [0.717, 1.165) is 10.1 Å². The van der Waals surface area contributed by atoms with Gasteiger partial charge in [-0.25, -0.2) is 9.59 Å². The van der Waals surface area contributed by atoms with E-state index >= 15 is 0 Å². The molecule has 0 fully saturated rings. The molecule has 2 aromatic rings. The van der Waals surface area contributed by atoms with Gasteiger partial charge in [0.2, 0.25) is 0 Å². The van der Waals surface area contributed by atoms with Crippen LogP contribution in [0.4, 0.5) is 4.79 Å². The highest BCUT2D eigenvalue weighted by Gasteiger charge is 2.22. The second kappa shape index (κ2) is 7.90. The zero-order valence-electron chi connectivity index (χ0n) is 15.1. The fourth-order valence-electron chi connectivity index (χ4n) is 2.37. The number of aromatic amines is 1. The molecular weight excluding hydrogens is 402 g/mol. The third kappa shape index (κ3) is 5.08. The third-order valence-electron chi connectivity index (χ3n) is 3.56. The Kier molecular flexibility index (Phi) is 6.07. The largest absolute Gasteiger partial charge is 0.444 e. The zero-order valence-corrected chi connectivity index (χ0v) is 16.7. The van der Waals surface area contributed by atoms with Crippen LogP contribution in [0.2, 0.25) is 0 Å². The van der Waals surface area contributed by atoms with E-state index in [1.807, 2.05) is 30.3 Å². The van der Waals surface area contributed by atoms with Crippen molar-refractivity contribution < 1.29 is 9.53 Å². The molecule has 0 radical (unpaired) electrons. The van der Waals surface area contributed by atoms with Crippen molar-refractivity contribution in [2.24, 2.45) is 0 Å². The Morgan fingerprint density at radius 2 is 1.88 bits per heavy atom. The summed E-state index contributed by atoms with van der Waals surface area (Å²) >= 11 is 3.19. The molecule has 1 amide bonds. The van der Waals surface area contributed by atoms with Crippen LogP contribution in [-0.2, 0) is 11.3 Å². The lowest BCUT2D eigenvalue weighted by molar-refractivity contribution is 0.0498. The minimum atomic E-state index is -0.660. The number of rotatable bonds is 4. The number of halogens is 1. The molecule has 8 heteroatoms. The second-order valence-corrected chi connectivity index (χ2v) is 7.69. The van der Waals surface area contributed by atoms with Crippen molar-refractivity contribution in [2.45, 2.75) is 45.9 Å². The number of ether oxygens (including phenoxy) is 1. The molecule has 2 rings (SSSR count). The maximum atomic E-state index is 12.4. The van der Waals surface area contributed by atoms with Crippen LogP contribution < -0.4 is 16.6 Å². The van der Waals surface area contributed by atoms with Gasteiger partial charge in [0.25, 0.3) is 5.56 Å². The average molecular weight is 424 g/mol. The molecule has 7 nitrogen and oxygen atoms in total. The number of nitrogens with zero attached hydrogens (tertiary/aromatic N) is 1. The topological polar surface area (TPSA) is 93.2 Å². The number of aromatic nitrogens is 2. The number of nitrogens with one attached hydrogen (secondary N) is 2. The van der Waals surface area contributed by atoms with Gasteiger partial charge in [0, 0.05) is 5.69 Å². The first-order valence-corrected chi connectivity index (χ1v) is 8.91. The monoisotopic (exact) mass is 423 g/mol. The predicted octanol–water partition coefficient (Wildman–Crippen LogP) is 2.87. The molecule has 0 saturated carbocycles. The van der Waals surface area contributed by atoms with E-state index in [4.69, 9.17) is 4.74 Å². The van der Waals surface area contributed by atoms with E-state index in [-0.39, 0.29) is 11.0 Å². The molecular formula is C18H22BrN3O4. The van der Waals surface area contributed by atoms with Crippen LogP contribution in [-0.4, -0.2) is 21.2 Å². The summed E-state index contributed by atoms with van der Waals surface area (Å²) in [6.07, 6.45) is -0.623. The van der Waals surface area contributed by atoms with Gasteiger partial charge < -0.3 is 15.0 Å². The molecule has 0 aliphatic heterocycles. The number of aryl methyl sites for hydroxylation is 1. The lowest BCUT2D eigenvalue weighted by atomic mass is 10.1. The molecule has 0 aliphatic carbocycles. The van der Waals surface area contributed by atoms with E-state index in [1.165, 1.54) is 0 Å². The number of benzene rings is 1. The first-order valence-electron chi connectivity index (χ1n) is 8.12. The lowest BCUT2D eigenvalue weighted by Gasteiger charge is -2.24. The summed E-state index contributed by atoms with van der Waals surface area (Å²) in [5.74, 6) is 0. The standard InChI is InChI=1S/C18H22BrN3O4/c1-11-14(19)15(23)22(16(24)20-11)10-13(12-8-6-5-7-9-12)21-17(25)26-18(2,3)4/h5-9,13H,10H2,1-4H3,(H,20,24)(H,21,25)/t13-/m0/s1. The van der Waals surface area contributed by atoms with Gasteiger partial charge >= 0.3 is 11.8 Å². The molecule has 1 heterocycles. The number of H-pyrrole nitrogens is 1. The van der Waals surface area contributed by atoms with E-state index < -0.39 is 29.0 Å². The smallest absolute Gasteiger partial charge is 0.408 e. The molecule has 2 N–H and O–H groups in total. The van der Waals surface area contributed by atoms with Crippen molar-refractivity contribution in [3.05, 3.63) is 66.9 Å². The summed E-state index contributed by atoms with van der Waals surface area (Å²) in [6.45, 7) is 6.88. The van der Waals surface area contributed by atoms with Crippen LogP contribution in [0.3, 0.4) is 0 Å². The number of carbonyl (C=O) groups is 1. The van der Waals surface area contributed by atoms with Gasteiger partial charge in [-0.1, -0.05) is 30.3 Å². The minimum Gasteiger partial charge on any atom is -0.444 e. The summed E-state index contributed by atoms with van der Waals surface area (Å²) in [4.78, 5) is 39.5. The Hall–Kier alpha value is -2.35. The molecule has 0 unspecified atom stereocenters. The first-order chi connectivity index (χ1) is 12.1. The summed E-state index contributed by atoms with van der Waals surface area (Å²) in [5.41, 5.74) is -0.457. The summed E-state index contributed by atoms with van der Waals surface area (Å²) in [6, 6.07) is 8.48. The summed E-state index contributed by atoms with van der Waals surface area (Å²) in [7, 11) is 0. The van der Waals surface area contributed by atoms with Crippen LogP contribution in [0.25, 0.3) is 0 Å². The van der Waals surface area contributed by atoms with Crippen LogP contribution in [0.1, 0.15) is 38.1 Å². The van der Waals surface area contributed by atoms with Crippen molar-refractivity contribution >= 4 is 22.0 Å². The normalized spacial score (nSPS) is 12.5. The SMILES string of the molecule is Cc1[nH]c(=O)n(C[C@H](NC(=O)OC(C)(C)C)c2ccccc2)c(=O)c1Br. The fraction of sp³-hybridized carbons (Fsp3) is 0.389. The first kappa shape index (κ1) is 20.0. The molecule has 26 heavy (non-hydrogen) atoms. The van der Waals surface area contributed by atoms with Gasteiger partial charge in [0.05, 0.1) is 12.6 Å². The van der Waals surface area contributed by atoms with Gasteiger partial charge in [-0.05, 0) is 49.2 Å². The van der Waals surface area contributed by atoms with Crippen molar-refractivity contribution in [2.75, 3.05) is 0 Å². The van der Waals surface area contributed by atoms with Gasteiger partial charge in [0.1, 0.15) is 10.1 Å². The van der Waals surface area contributed by atoms with Crippen LogP contribution >= 0.6 is 15.9 Å². The third-order valence-corrected chi connectivity index (χ3v) is 4.49. The lowest BCUT2D eigenvalue weighted by Crippen LogP contribution is -2.42. The van der Waals surface area contributed by atoms with Crippen molar-refractivity contribution in [3.8, 4) is 0 Å². The number of carbonyl (C=O) groups excluding carboxylic acids is 1. The zero-order chi connectivity index (χ0) is 19.5. The number of alkyl carbamates (subject to hydrolysis) is 1. The maximum Gasteiger partial charge on any atom is 0.408 e. The molecule has 140 valence electrons. The molecule has 1 aromatic heterocycles. The van der Waals surface area contributed by atoms with Crippen molar-refractivity contribution in [1.82, 2.24) is 14.9 Å². The van der Waals surface area contributed by atoms with Crippen molar-refractivity contribution in [1.29, 1.82) is 0 Å². The van der Waals surface area contributed by atoms with Crippen molar-refractivity contribution in [3.63, 3.8) is 0 Å². The predicted molar refractivity (Wildman–Crippen MR) is 102 cm³/mol. The molecule has 0 aliphatic rings. The highest BCUT2D eigenvalue weighted by Crippen LogP contribution is 2.16. The molecule has 1 atom stereocenters. The van der Waals surface area contributed by atoms with Gasteiger partial charge in [0.15, 0.2) is 0 Å². The minimum absolute atomic E-state index is 0.0314. The Bertz CT molecular complexity index is 897. The molecule has 0 spiro atoms. The van der Waals surface area contributed by atoms with Crippen LogP contribution in [0.5, 0.6) is 0 Å². The number of hydrogen-bond donors (Lipinski definition) is 2. The maximum absolute atomic E-state index is 12.4. The van der Waals surface area contributed by atoms with E-state index in [0.29, 0.717) is 5.69 Å². The number of amides is 1. The second-order valence-electron chi connectivity index (χ2n) is 6.89. The Balaban J connectivity index is 2.38. The highest BCUT2D eigenvalue weighted by molar-refractivity contribution is 9.10. The Morgan fingerprint density at radius 1 is 1.27 bits per heavy atom. The van der Waals surface area contributed by atoms with Gasteiger partial charge in [-0.3, -0.25) is 9.36 Å².